The van der Waals surface area contributed by atoms with Crippen LogP contribution in [0.15, 0.2) is 41.5 Å². The Morgan fingerprint density at radius 3 is 2.61 bits per heavy atom. The van der Waals surface area contributed by atoms with Crippen LogP contribution in [0.1, 0.15) is 41.2 Å². The third kappa shape index (κ3) is 3.69. The van der Waals surface area contributed by atoms with Crippen LogP contribution in [0.4, 0.5) is 0 Å². The molecule has 0 N–H and O–H groups in total. The smallest absolute Gasteiger partial charge is 0.291 e. The number of piperidine rings is 1. The molecule has 0 bridgehead atoms. The zero-order valence-corrected chi connectivity index (χ0v) is 16.3. The number of aryl methyl sites for hydroxylation is 2. The van der Waals surface area contributed by atoms with Crippen molar-refractivity contribution in [3.05, 3.63) is 54.3 Å². The van der Waals surface area contributed by atoms with Gasteiger partial charge in [0.15, 0.2) is 6.39 Å². The van der Waals surface area contributed by atoms with Crippen molar-refractivity contribution < 1.29 is 9.21 Å². The van der Waals surface area contributed by atoms with Crippen LogP contribution in [0, 0.1) is 19.8 Å². The highest BCUT2D eigenvalue weighted by Crippen LogP contribution is 2.25. The highest BCUT2D eigenvalue weighted by molar-refractivity contribution is 5.92. The second-order valence-corrected chi connectivity index (χ2v) is 7.40. The molecule has 0 spiro atoms. The summed E-state index contributed by atoms with van der Waals surface area (Å²) in [6.07, 6.45) is 9.96. The number of hydrogen-bond donors (Lipinski definition) is 0. The lowest BCUT2D eigenvalue weighted by molar-refractivity contribution is 0.0652. The number of carbonyl (C=O) groups is 1. The fourth-order valence-corrected chi connectivity index (χ4v) is 3.86. The Hall–Kier alpha value is -2.96. The van der Waals surface area contributed by atoms with Gasteiger partial charge in [-0.25, -0.2) is 9.97 Å². The van der Waals surface area contributed by atoms with Crippen molar-refractivity contribution in [3.63, 3.8) is 0 Å². The standard InChI is InChI=1S/C21H25N5O2/c1-15-13-23-20(18-3-8-22-9-4-18)26(15)12-7-17-5-10-25(11-6-17)21(27)19-16(2)24-14-28-19/h3-4,8-9,13-14,17H,5-7,10-12H2,1-2H3. The lowest BCUT2D eigenvalue weighted by Crippen LogP contribution is -2.38. The van der Waals surface area contributed by atoms with Gasteiger partial charge in [-0.2, -0.15) is 0 Å². The zero-order chi connectivity index (χ0) is 19.5. The summed E-state index contributed by atoms with van der Waals surface area (Å²) in [6.45, 7) is 6.37. The van der Waals surface area contributed by atoms with E-state index in [0.717, 1.165) is 50.3 Å². The van der Waals surface area contributed by atoms with Gasteiger partial charge in [0.25, 0.3) is 5.91 Å². The number of aromatic nitrogens is 4. The number of carbonyl (C=O) groups excluding carboxylic acids is 1. The predicted octanol–water partition coefficient (Wildman–Crippen LogP) is 3.49. The molecule has 0 unspecified atom stereocenters. The van der Waals surface area contributed by atoms with Crippen LogP contribution < -0.4 is 0 Å². The first-order chi connectivity index (χ1) is 13.6. The van der Waals surface area contributed by atoms with Gasteiger partial charge >= 0.3 is 0 Å². The predicted molar refractivity (Wildman–Crippen MR) is 105 cm³/mol. The minimum absolute atomic E-state index is 0.0427. The first kappa shape index (κ1) is 18.4. The van der Waals surface area contributed by atoms with E-state index in [1.165, 1.54) is 12.1 Å². The van der Waals surface area contributed by atoms with E-state index >= 15 is 0 Å². The molecule has 0 radical (unpaired) electrons. The maximum Gasteiger partial charge on any atom is 0.291 e. The Kier molecular flexibility index (Phi) is 5.23. The van der Waals surface area contributed by atoms with Crippen LogP contribution in [0.25, 0.3) is 11.4 Å². The molecular formula is C21H25N5O2. The number of hydrogen-bond acceptors (Lipinski definition) is 5. The summed E-state index contributed by atoms with van der Waals surface area (Å²) in [5, 5.41) is 0. The van der Waals surface area contributed by atoms with Gasteiger partial charge in [-0.05, 0) is 51.2 Å². The Morgan fingerprint density at radius 2 is 1.93 bits per heavy atom. The average molecular weight is 379 g/mol. The van der Waals surface area contributed by atoms with E-state index in [0.29, 0.717) is 17.4 Å². The molecule has 1 aliphatic heterocycles. The summed E-state index contributed by atoms with van der Waals surface area (Å²) in [6, 6.07) is 3.99. The second-order valence-electron chi connectivity index (χ2n) is 7.40. The molecule has 3 aromatic rings. The first-order valence-electron chi connectivity index (χ1n) is 9.75. The molecule has 1 fully saturated rings. The summed E-state index contributed by atoms with van der Waals surface area (Å²) in [5.74, 6) is 1.92. The van der Waals surface area contributed by atoms with Crippen molar-refractivity contribution in [1.82, 2.24) is 24.4 Å². The van der Waals surface area contributed by atoms with Crippen molar-refractivity contribution in [1.29, 1.82) is 0 Å². The van der Waals surface area contributed by atoms with Crippen molar-refractivity contribution >= 4 is 5.91 Å². The summed E-state index contributed by atoms with van der Waals surface area (Å²) in [7, 11) is 0. The van der Waals surface area contributed by atoms with Crippen molar-refractivity contribution in [2.24, 2.45) is 5.92 Å². The molecule has 0 saturated carbocycles. The van der Waals surface area contributed by atoms with Gasteiger partial charge in [0.1, 0.15) is 5.82 Å². The molecule has 1 amide bonds. The van der Waals surface area contributed by atoms with E-state index in [1.54, 1.807) is 19.3 Å². The van der Waals surface area contributed by atoms with Gasteiger partial charge < -0.3 is 13.9 Å². The molecule has 146 valence electrons. The van der Waals surface area contributed by atoms with Gasteiger partial charge in [-0.1, -0.05) is 0 Å². The Balaban J connectivity index is 1.35. The SMILES string of the molecule is Cc1ncoc1C(=O)N1CCC(CCn2c(C)cnc2-c2ccncc2)CC1. The Morgan fingerprint density at radius 1 is 1.18 bits per heavy atom. The van der Waals surface area contributed by atoms with Crippen LogP contribution >= 0.6 is 0 Å². The van der Waals surface area contributed by atoms with Gasteiger partial charge in [-0.15, -0.1) is 0 Å². The lowest BCUT2D eigenvalue weighted by Gasteiger charge is -2.31. The largest absolute Gasteiger partial charge is 0.438 e. The third-order valence-electron chi connectivity index (χ3n) is 5.60. The number of pyridine rings is 1. The number of nitrogens with zero attached hydrogens (tertiary/aromatic N) is 5. The quantitative estimate of drug-likeness (QED) is 0.678. The summed E-state index contributed by atoms with van der Waals surface area (Å²) in [4.78, 5) is 27.1. The van der Waals surface area contributed by atoms with E-state index in [1.807, 2.05) is 23.2 Å². The van der Waals surface area contributed by atoms with Gasteiger partial charge in [0, 0.05) is 49.5 Å². The molecule has 0 aromatic carbocycles. The minimum atomic E-state index is -0.0427. The number of oxazole rings is 1. The maximum absolute atomic E-state index is 12.6. The fourth-order valence-electron chi connectivity index (χ4n) is 3.86. The number of amides is 1. The lowest BCUT2D eigenvalue weighted by atomic mass is 9.93. The van der Waals surface area contributed by atoms with E-state index in [4.69, 9.17) is 4.42 Å². The van der Waals surface area contributed by atoms with E-state index < -0.39 is 0 Å². The van der Waals surface area contributed by atoms with Crippen molar-refractivity contribution in [2.45, 2.75) is 39.7 Å². The fraction of sp³-hybridized carbons (Fsp3) is 0.429. The molecule has 0 atom stereocenters. The third-order valence-corrected chi connectivity index (χ3v) is 5.60. The highest BCUT2D eigenvalue weighted by Gasteiger charge is 2.26. The van der Waals surface area contributed by atoms with Crippen molar-refractivity contribution in [3.8, 4) is 11.4 Å². The highest BCUT2D eigenvalue weighted by atomic mass is 16.3. The van der Waals surface area contributed by atoms with Gasteiger partial charge in [0.2, 0.25) is 5.76 Å². The van der Waals surface area contributed by atoms with Crippen LogP contribution in [-0.2, 0) is 6.54 Å². The van der Waals surface area contributed by atoms with Crippen LogP contribution in [0.2, 0.25) is 0 Å². The molecule has 3 aromatic heterocycles. The van der Waals surface area contributed by atoms with E-state index in [9.17, 15) is 4.79 Å². The molecule has 1 saturated heterocycles. The molecule has 4 rings (SSSR count). The molecule has 0 aliphatic carbocycles. The summed E-state index contributed by atoms with van der Waals surface area (Å²) >= 11 is 0. The number of rotatable bonds is 5. The average Bonchev–Trinajstić information content (AvgIpc) is 3.32. The monoisotopic (exact) mass is 379 g/mol. The maximum atomic E-state index is 12.6. The second kappa shape index (κ2) is 7.96. The normalized spacial score (nSPS) is 15.1. The molecule has 28 heavy (non-hydrogen) atoms. The van der Waals surface area contributed by atoms with Crippen molar-refractivity contribution in [2.75, 3.05) is 13.1 Å². The zero-order valence-electron chi connectivity index (χ0n) is 16.3. The minimum Gasteiger partial charge on any atom is -0.438 e. The van der Waals surface area contributed by atoms with E-state index in [2.05, 4.69) is 26.4 Å². The summed E-state index contributed by atoms with van der Waals surface area (Å²) in [5.41, 5.74) is 2.91. The summed E-state index contributed by atoms with van der Waals surface area (Å²) < 4.78 is 7.54. The number of likely N-dealkylation sites (tertiary alicyclic amines) is 1. The van der Waals surface area contributed by atoms with Gasteiger partial charge in [0.05, 0.1) is 5.69 Å². The number of imidazole rings is 1. The Labute approximate surface area is 164 Å². The molecule has 1 aliphatic rings. The molecule has 7 heteroatoms. The van der Waals surface area contributed by atoms with Gasteiger partial charge in [-0.3, -0.25) is 9.78 Å². The molecular weight excluding hydrogens is 354 g/mol. The van der Waals surface area contributed by atoms with Crippen LogP contribution in [0.5, 0.6) is 0 Å². The van der Waals surface area contributed by atoms with Crippen LogP contribution in [-0.4, -0.2) is 43.4 Å². The topological polar surface area (TPSA) is 77.0 Å². The molecule has 4 heterocycles. The molecule has 7 nitrogen and oxygen atoms in total. The first-order valence-corrected chi connectivity index (χ1v) is 9.75. The van der Waals surface area contributed by atoms with Crippen LogP contribution in [0.3, 0.4) is 0 Å². The van der Waals surface area contributed by atoms with E-state index in [-0.39, 0.29) is 5.91 Å². The Bertz CT molecular complexity index is 939.